The van der Waals surface area contributed by atoms with Gasteiger partial charge >= 0.3 is 11.4 Å². The Kier molecular flexibility index (Phi) is 5.85. The van der Waals surface area contributed by atoms with Crippen molar-refractivity contribution in [3.63, 3.8) is 0 Å². The monoisotopic (exact) mass is 498 g/mol. The molecule has 2 aromatic rings. The van der Waals surface area contributed by atoms with Gasteiger partial charge in [-0.15, -0.1) is 0 Å². The standard InChI is InChI=1S/C24H26N4O8/c1-14(2)9-11-25-18-7-6-15(26(29)30)12-17(18)23(3,4)24(25)10-8-16-21(28(33)34)19(27(31)32)13-20(35-5)22(16)36-24/h6-8,10,12-14H,9,11H2,1-5H3. The fraction of sp³-hybridized carbons (Fsp3) is 0.417. The number of methoxy groups -OCH3 is 1. The molecule has 0 radical (unpaired) electrons. The lowest BCUT2D eigenvalue weighted by Gasteiger charge is -2.47. The van der Waals surface area contributed by atoms with E-state index in [9.17, 15) is 30.3 Å². The molecule has 2 aliphatic heterocycles. The van der Waals surface area contributed by atoms with Crippen molar-refractivity contribution < 1.29 is 24.2 Å². The average Bonchev–Trinajstić information content (AvgIpc) is 2.98. The minimum Gasteiger partial charge on any atom is -0.493 e. The molecule has 0 bridgehead atoms. The van der Waals surface area contributed by atoms with Gasteiger partial charge in [-0.1, -0.05) is 13.8 Å². The molecule has 2 heterocycles. The van der Waals surface area contributed by atoms with Crippen molar-refractivity contribution in [3.8, 4) is 11.5 Å². The van der Waals surface area contributed by atoms with Crippen LogP contribution in [0.2, 0.25) is 0 Å². The highest BCUT2D eigenvalue weighted by Gasteiger charge is 2.60. The van der Waals surface area contributed by atoms with Crippen LogP contribution in [0.1, 0.15) is 45.2 Å². The first-order valence-electron chi connectivity index (χ1n) is 11.3. The van der Waals surface area contributed by atoms with Crippen LogP contribution in [0.3, 0.4) is 0 Å². The number of nitro groups is 3. The topological polar surface area (TPSA) is 151 Å². The number of nitro benzene ring substituents is 3. The van der Waals surface area contributed by atoms with Gasteiger partial charge in [0.15, 0.2) is 11.5 Å². The summed E-state index contributed by atoms with van der Waals surface area (Å²) in [7, 11) is 1.30. The van der Waals surface area contributed by atoms with Crippen molar-refractivity contribution in [2.45, 2.75) is 45.3 Å². The second-order valence-electron chi connectivity index (χ2n) is 9.75. The number of ether oxygens (including phenoxy) is 2. The fourth-order valence-electron chi connectivity index (χ4n) is 5.00. The predicted octanol–water partition coefficient (Wildman–Crippen LogP) is 5.37. The maximum atomic E-state index is 11.9. The van der Waals surface area contributed by atoms with E-state index in [1.54, 1.807) is 12.1 Å². The molecule has 0 fully saturated rings. The zero-order valence-corrected chi connectivity index (χ0v) is 20.5. The normalized spacial score (nSPS) is 19.1. The van der Waals surface area contributed by atoms with E-state index in [1.807, 2.05) is 18.7 Å². The van der Waals surface area contributed by atoms with Crippen LogP contribution < -0.4 is 14.4 Å². The maximum absolute atomic E-state index is 11.9. The van der Waals surface area contributed by atoms with E-state index in [2.05, 4.69) is 13.8 Å². The third-order valence-electron chi connectivity index (χ3n) is 6.95. The summed E-state index contributed by atoms with van der Waals surface area (Å²) in [5, 5.41) is 35.0. The second kappa shape index (κ2) is 8.47. The van der Waals surface area contributed by atoms with Crippen LogP contribution in [0.4, 0.5) is 22.7 Å². The Balaban J connectivity index is 1.98. The number of non-ortho nitro benzene ring substituents is 1. The zero-order chi connectivity index (χ0) is 26.6. The van der Waals surface area contributed by atoms with Crippen LogP contribution >= 0.6 is 0 Å². The summed E-state index contributed by atoms with van der Waals surface area (Å²) in [6.07, 6.45) is 3.88. The molecule has 0 aliphatic carbocycles. The molecule has 190 valence electrons. The van der Waals surface area contributed by atoms with Gasteiger partial charge < -0.3 is 14.4 Å². The van der Waals surface area contributed by atoms with Gasteiger partial charge in [0.1, 0.15) is 5.56 Å². The fourth-order valence-corrected chi connectivity index (χ4v) is 5.00. The Bertz CT molecular complexity index is 1320. The van der Waals surface area contributed by atoms with E-state index in [0.29, 0.717) is 18.0 Å². The molecule has 1 spiro atoms. The van der Waals surface area contributed by atoms with Crippen LogP contribution in [0.15, 0.2) is 30.3 Å². The Morgan fingerprint density at radius 1 is 1.06 bits per heavy atom. The molecule has 0 saturated heterocycles. The molecule has 4 rings (SSSR count). The van der Waals surface area contributed by atoms with E-state index in [-0.39, 0.29) is 22.7 Å². The summed E-state index contributed by atoms with van der Waals surface area (Å²) in [5.41, 5.74) is -2.20. The van der Waals surface area contributed by atoms with Gasteiger partial charge in [0.2, 0.25) is 5.72 Å². The van der Waals surface area contributed by atoms with Crippen molar-refractivity contribution in [2.24, 2.45) is 5.92 Å². The van der Waals surface area contributed by atoms with Crippen molar-refractivity contribution in [1.82, 2.24) is 0 Å². The molecular formula is C24H26N4O8. The Morgan fingerprint density at radius 3 is 2.31 bits per heavy atom. The van der Waals surface area contributed by atoms with E-state index >= 15 is 0 Å². The molecule has 0 amide bonds. The molecule has 12 nitrogen and oxygen atoms in total. The summed E-state index contributed by atoms with van der Waals surface area (Å²) in [4.78, 5) is 34.9. The van der Waals surface area contributed by atoms with Crippen molar-refractivity contribution in [1.29, 1.82) is 0 Å². The molecule has 1 unspecified atom stereocenters. The van der Waals surface area contributed by atoms with Gasteiger partial charge in [0.05, 0.1) is 33.4 Å². The number of benzene rings is 2. The molecule has 2 aliphatic rings. The van der Waals surface area contributed by atoms with Crippen LogP contribution in [0, 0.1) is 36.3 Å². The summed E-state index contributed by atoms with van der Waals surface area (Å²) in [6, 6.07) is 5.63. The lowest BCUT2D eigenvalue weighted by molar-refractivity contribution is -0.422. The third kappa shape index (κ3) is 3.51. The van der Waals surface area contributed by atoms with Crippen molar-refractivity contribution >= 4 is 28.8 Å². The number of anilines is 1. The summed E-state index contributed by atoms with van der Waals surface area (Å²) < 4.78 is 12.0. The molecule has 0 saturated carbocycles. The van der Waals surface area contributed by atoms with Gasteiger partial charge in [0, 0.05) is 24.4 Å². The van der Waals surface area contributed by atoms with Gasteiger partial charge in [-0.05, 0) is 50.0 Å². The van der Waals surface area contributed by atoms with E-state index in [1.165, 1.54) is 25.3 Å². The predicted molar refractivity (Wildman–Crippen MR) is 132 cm³/mol. The summed E-state index contributed by atoms with van der Waals surface area (Å²) in [6.45, 7) is 8.44. The number of hydrogen-bond acceptors (Lipinski definition) is 9. The largest absolute Gasteiger partial charge is 0.493 e. The van der Waals surface area contributed by atoms with Gasteiger partial charge in [-0.25, -0.2) is 0 Å². The number of nitrogens with zero attached hydrogens (tertiary/aromatic N) is 4. The summed E-state index contributed by atoms with van der Waals surface area (Å²) in [5.74, 6) is 0.320. The minimum absolute atomic E-state index is 0.00206. The first-order chi connectivity index (χ1) is 16.9. The van der Waals surface area contributed by atoms with Crippen LogP contribution in [0.25, 0.3) is 6.08 Å². The number of hydrogen-bond donors (Lipinski definition) is 0. The zero-order valence-electron chi connectivity index (χ0n) is 20.5. The third-order valence-corrected chi connectivity index (χ3v) is 6.95. The Labute approximate surface area is 206 Å². The highest BCUT2D eigenvalue weighted by atomic mass is 16.6. The van der Waals surface area contributed by atoms with Crippen molar-refractivity contribution in [2.75, 3.05) is 18.6 Å². The first kappa shape index (κ1) is 24.9. The van der Waals surface area contributed by atoms with Crippen LogP contribution in [-0.4, -0.2) is 34.1 Å². The molecule has 12 heteroatoms. The first-order valence-corrected chi connectivity index (χ1v) is 11.3. The molecule has 0 N–H and O–H groups in total. The Morgan fingerprint density at radius 2 is 1.75 bits per heavy atom. The second-order valence-corrected chi connectivity index (χ2v) is 9.75. The lowest BCUT2D eigenvalue weighted by Crippen LogP contribution is -2.59. The van der Waals surface area contributed by atoms with E-state index in [0.717, 1.165) is 18.2 Å². The molecule has 2 aromatic carbocycles. The highest BCUT2D eigenvalue weighted by molar-refractivity contribution is 5.82. The molecule has 1 atom stereocenters. The highest BCUT2D eigenvalue weighted by Crippen LogP contribution is 2.58. The molecular weight excluding hydrogens is 472 g/mol. The van der Waals surface area contributed by atoms with Crippen LogP contribution in [-0.2, 0) is 5.41 Å². The van der Waals surface area contributed by atoms with Gasteiger partial charge in [0.25, 0.3) is 5.69 Å². The quantitative estimate of drug-likeness (QED) is 0.362. The number of fused-ring (bicyclic) bond motifs is 2. The molecule has 36 heavy (non-hydrogen) atoms. The van der Waals surface area contributed by atoms with E-state index in [4.69, 9.17) is 9.47 Å². The lowest BCUT2D eigenvalue weighted by atomic mass is 9.76. The molecule has 0 aromatic heterocycles. The van der Waals surface area contributed by atoms with Crippen LogP contribution in [0.5, 0.6) is 11.5 Å². The van der Waals surface area contributed by atoms with Gasteiger partial charge in [-0.2, -0.15) is 0 Å². The van der Waals surface area contributed by atoms with Crippen molar-refractivity contribution in [3.05, 3.63) is 71.8 Å². The smallest absolute Gasteiger partial charge is 0.357 e. The summed E-state index contributed by atoms with van der Waals surface area (Å²) >= 11 is 0. The maximum Gasteiger partial charge on any atom is 0.357 e. The minimum atomic E-state index is -1.23. The SMILES string of the molecule is COc1cc([N+](=O)[O-])c([N+](=O)[O-])c2c1OC1(C=C2)N(CCC(C)C)c2ccc([N+](=O)[O-])cc2C1(C)C. The number of rotatable bonds is 7. The van der Waals surface area contributed by atoms with E-state index < -0.39 is 37.3 Å². The Hall–Kier alpha value is -4.22. The van der Waals surface area contributed by atoms with Gasteiger partial charge in [-0.3, -0.25) is 30.3 Å². The average molecular weight is 498 g/mol.